The number of anilines is 1. The van der Waals surface area contributed by atoms with Gasteiger partial charge in [0.15, 0.2) is 17.3 Å². The van der Waals surface area contributed by atoms with Crippen LogP contribution in [0.1, 0.15) is 21.5 Å². The Kier molecular flexibility index (Phi) is 6.32. The number of benzene rings is 3. The molecular formula is C26H25NO4S. The number of ether oxygens (including phenoxy) is 3. The molecule has 1 aromatic heterocycles. The minimum absolute atomic E-state index is 0.0566. The van der Waals surface area contributed by atoms with Crippen LogP contribution in [0.4, 0.5) is 5.00 Å². The third kappa shape index (κ3) is 4.27. The fourth-order valence-corrected chi connectivity index (χ4v) is 4.70. The summed E-state index contributed by atoms with van der Waals surface area (Å²) in [5.74, 6) is 1.84. The predicted molar refractivity (Wildman–Crippen MR) is 130 cm³/mol. The van der Waals surface area contributed by atoms with Gasteiger partial charge in [0.2, 0.25) is 0 Å². The Morgan fingerprint density at radius 1 is 0.906 bits per heavy atom. The van der Waals surface area contributed by atoms with Crippen molar-refractivity contribution in [3.63, 3.8) is 0 Å². The van der Waals surface area contributed by atoms with E-state index in [0.29, 0.717) is 29.2 Å². The highest BCUT2D eigenvalue weighted by atomic mass is 32.1. The maximum Gasteiger partial charge on any atom is 0.196 e. The van der Waals surface area contributed by atoms with E-state index >= 15 is 0 Å². The average molecular weight is 448 g/mol. The molecule has 0 saturated heterocycles. The first kappa shape index (κ1) is 21.7. The molecule has 0 radical (unpaired) electrons. The molecule has 0 fully saturated rings. The third-order valence-corrected chi connectivity index (χ3v) is 6.49. The second kappa shape index (κ2) is 9.32. The van der Waals surface area contributed by atoms with Gasteiger partial charge in [-0.25, -0.2) is 0 Å². The molecule has 0 aliphatic heterocycles. The van der Waals surface area contributed by atoms with E-state index in [9.17, 15) is 4.79 Å². The molecule has 5 nitrogen and oxygen atoms in total. The fraction of sp³-hybridized carbons (Fsp3) is 0.192. The topological polar surface area (TPSA) is 48.0 Å². The zero-order valence-electron chi connectivity index (χ0n) is 18.5. The lowest BCUT2D eigenvalue weighted by atomic mass is 10.0. The minimum atomic E-state index is -0.0566. The highest BCUT2D eigenvalue weighted by Gasteiger charge is 2.23. The molecule has 0 amide bonds. The first-order chi connectivity index (χ1) is 15.5. The Balaban J connectivity index is 1.70. The summed E-state index contributed by atoms with van der Waals surface area (Å²) in [7, 11) is 7.04. The summed E-state index contributed by atoms with van der Waals surface area (Å²) in [4.78, 5) is 15.5. The van der Waals surface area contributed by atoms with Gasteiger partial charge in [0.05, 0.1) is 19.8 Å². The molecule has 0 N–H and O–H groups in total. The van der Waals surface area contributed by atoms with Gasteiger partial charge in [0.25, 0.3) is 0 Å². The van der Waals surface area contributed by atoms with Gasteiger partial charge in [-0.05, 0) is 42.0 Å². The van der Waals surface area contributed by atoms with Crippen LogP contribution < -0.4 is 19.1 Å². The molecule has 4 aromatic rings. The molecule has 0 spiro atoms. The Labute approximate surface area is 191 Å². The standard InChI is InChI=1S/C26H25NO4S/c1-27(2)26-24(25(28)18-10-13-21(29-3)22(14-18)30-4)20-12-11-19(15-23(20)32-26)31-16-17-8-6-5-7-9-17/h5-15H,16H2,1-4H3. The number of thiophene rings is 1. The van der Waals surface area contributed by atoms with Gasteiger partial charge in [0, 0.05) is 29.7 Å². The first-order valence-electron chi connectivity index (χ1n) is 10.2. The van der Waals surface area contributed by atoms with Crippen molar-refractivity contribution in [3.05, 3.63) is 83.4 Å². The van der Waals surface area contributed by atoms with Crippen molar-refractivity contribution >= 4 is 32.2 Å². The fourth-order valence-electron chi connectivity index (χ4n) is 3.55. The lowest BCUT2D eigenvalue weighted by Crippen LogP contribution is -2.12. The average Bonchev–Trinajstić information content (AvgIpc) is 3.21. The van der Waals surface area contributed by atoms with Gasteiger partial charge in [-0.3, -0.25) is 4.79 Å². The van der Waals surface area contributed by atoms with E-state index in [2.05, 4.69) is 0 Å². The minimum Gasteiger partial charge on any atom is -0.493 e. The van der Waals surface area contributed by atoms with Gasteiger partial charge in [0.1, 0.15) is 17.4 Å². The number of rotatable bonds is 8. The SMILES string of the molecule is COc1ccc(C(=O)c2c(N(C)C)sc3cc(OCc4ccccc4)ccc23)cc1OC. The molecule has 0 atom stereocenters. The number of ketones is 1. The Hall–Kier alpha value is -3.51. The Morgan fingerprint density at radius 3 is 2.34 bits per heavy atom. The smallest absolute Gasteiger partial charge is 0.196 e. The Morgan fingerprint density at radius 2 is 1.66 bits per heavy atom. The molecule has 0 aliphatic carbocycles. The van der Waals surface area contributed by atoms with Crippen LogP contribution in [0.15, 0.2) is 66.7 Å². The summed E-state index contributed by atoms with van der Waals surface area (Å²) in [6.45, 7) is 0.496. The molecule has 1 heterocycles. The van der Waals surface area contributed by atoms with E-state index in [4.69, 9.17) is 14.2 Å². The number of nitrogens with zero attached hydrogens (tertiary/aromatic N) is 1. The summed E-state index contributed by atoms with van der Waals surface area (Å²) in [5.41, 5.74) is 2.34. The first-order valence-corrected chi connectivity index (χ1v) is 11.0. The normalized spacial score (nSPS) is 10.8. The molecule has 0 bridgehead atoms. The second-order valence-electron chi connectivity index (χ2n) is 7.51. The molecule has 0 aliphatic rings. The van der Waals surface area contributed by atoms with E-state index in [1.54, 1.807) is 43.8 Å². The van der Waals surface area contributed by atoms with Gasteiger partial charge >= 0.3 is 0 Å². The van der Waals surface area contributed by atoms with E-state index in [0.717, 1.165) is 26.4 Å². The molecule has 0 saturated carbocycles. The van der Waals surface area contributed by atoms with E-state index in [1.165, 1.54) is 0 Å². The number of fused-ring (bicyclic) bond motifs is 1. The lowest BCUT2D eigenvalue weighted by molar-refractivity contribution is 0.104. The second-order valence-corrected chi connectivity index (χ2v) is 8.54. The molecule has 164 valence electrons. The number of hydrogen-bond donors (Lipinski definition) is 0. The largest absolute Gasteiger partial charge is 0.493 e. The van der Waals surface area contributed by atoms with Crippen molar-refractivity contribution in [1.82, 2.24) is 0 Å². The number of carbonyl (C=O) groups is 1. The van der Waals surface area contributed by atoms with E-state index in [-0.39, 0.29) is 5.78 Å². The predicted octanol–water partition coefficient (Wildman–Crippen LogP) is 5.79. The van der Waals surface area contributed by atoms with Crippen molar-refractivity contribution in [2.45, 2.75) is 6.61 Å². The number of hydrogen-bond acceptors (Lipinski definition) is 6. The summed E-state index contributed by atoms with van der Waals surface area (Å²) in [6.07, 6.45) is 0. The van der Waals surface area contributed by atoms with E-state index in [1.807, 2.05) is 67.5 Å². The van der Waals surface area contributed by atoms with Gasteiger partial charge in [-0.15, -0.1) is 11.3 Å². The van der Waals surface area contributed by atoms with Crippen molar-refractivity contribution < 1.29 is 19.0 Å². The van der Waals surface area contributed by atoms with Crippen molar-refractivity contribution in [1.29, 1.82) is 0 Å². The maximum absolute atomic E-state index is 13.6. The van der Waals surface area contributed by atoms with Crippen LogP contribution >= 0.6 is 11.3 Å². The van der Waals surface area contributed by atoms with Crippen LogP contribution in [-0.2, 0) is 6.61 Å². The quantitative estimate of drug-likeness (QED) is 0.320. The zero-order chi connectivity index (χ0) is 22.7. The van der Waals surface area contributed by atoms with E-state index < -0.39 is 0 Å². The number of methoxy groups -OCH3 is 2. The summed E-state index contributed by atoms with van der Waals surface area (Å²) >= 11 is 1.58. The Bertz CT molecular complexity index is 1250. The molecule has 0 unspecified atom stereocenters. The zero-order valence-corrected chi connectivity index (χ0v) is 19.4. The highest BCUT2D eigenvalue weighted by Crippen LogP contribution is 2.41. The van der Waals surface area contributed by atoms with Crippen LogP contribution in [0.2, 0.25) is 0 Å². The van der Waals surface area contributed by atoms with Gasteiger partial charge in [-0.2, -0.15) is 0 Å². The highest BCUT2D eigenvalue weighted by molar-refractivity contribution is 7.23. The number of carbonyl (C=O) groups excluding carboxylic acids is 1. The van der Waals surface area contributed by atoms with Crippen LogP contribution in [0.3, 0.4) is 0 Å². The summed E-state index contributed by atoms with van der Waals surface area (Å²) in [5, 5.41) is 1.81. The lowest BCUT2D eigenvalue weighted by Gasteiger charge is -2.13. The molecule has 32 heavy (non-hydrogen) atoms. The van der Waals surface area contributed by atoms with Crippen molar-refractivity contribution in [3.8, 4) is 17.2 Å². The van der Waals surface area contributed by atoms with Crippen LogP contribution in [0.25, 0.3) is 10.1 Å². The molecule has 6 heteroatoms. The monoisotopic (exact) mass is 447 g/mol. The molecular weight excluding hydrogens is 422 g/mol. The molecule has 4 rings (SSSR count). The van der Waals surface area contributed by atoms with Crippen LogP contribution in [0.5, 0.6) is 17.2 Å². The van der Waals surface area contributed by atoms with Gasteiger partial charge in [-0.1, -0.05) is 30.3 Å². The van der Waals surface area contributed by atoms with Crippen LogP contribution in [-0.4, -0.2) is 34.1 Å². The maximum atomic E-state index is 13.6. The van der Waals surface area contributed by atoms with Gasteiger partial charge < -0.3 is 19.1 Å². The van der Waals surface area contributed by atoms with Crippen LogP contribution in [0, 0.1) is 0 Å². The van der Waals surface area contributed by atoms with Crippen molar-refractivity contribution in [2.24, 2.45) is 0 Å². The van der Waals surface area contributed by atoms with Crippen molar-refractivity contribution in [2.75, 3.05) is 33.2 Å². The summed E-state index contributed by atoms with van der Waals surface area (Å²) in [6, 6.07) is 21.2. The summed E-state index contributed by atoms with van der Waals surface area (Å²) < 4.78 is 17.7. The third-order valence-electron chi connectivity index (χ3n) is 5.17. The molecule has 3 aromatic carbocycles.